The Hall–Kier alpha value is 0.0106. The Morgan fingerprint density at radius 1 is 0.944 bits per heavy atom. The highest BCUT2D eigenvalue weighted by Crippen LogP contribution is 2.00. The van der Waals surface area contributed by atoms with E-state index in [2.05, 4.69) is 46.0 Å². The molecule has 0 unspecified atom stereocenters. The average molecular weight is 305 g/mol. The molecular weight excluding hydrogens is 276 g/mol. The summed E-state index contributed by atoms with van der Waals surface area (Å²) in [4.78, 5) is 0. The average Bonchev–Trinajstić information content (AvgIpc) is 2.27. The maximum Gasteiger partial charge on any atom is 0.242 e. The molecule has 0 aromatic rings. The van der Waals surface area contributed by atoms with Crippen LogP contribution in [-0.2, 0) is 13.3 Å². The van der Waals surface area contributed by atoms with Gasteiger partial charge < -0.3 is 13.3 Å². The Morgan fingerprint density at radius 2 is 1.44 bits per heavy atom. The van der Waals surface area contributed by atoms with Gasteiger partial charge in [0.15, 0.2) is 29.3 Å². The highest BCUT2D eigenvalue weighted by atomic mass is 28.2. The third-order valence-corrected chi connectivity index (χ3v) is 6.60. The van der Waals surface area contributed by atoms with Crippen molar-refractivity contribution in [3.8, 4) is 0 Å². The first kappa shape index (κ1) is 18.0. The fraction of sp³-hybridized carbons (Fsp3) is 0.667. The summed E-state index contributed by atoms with van der Waals surface area (Å²) in [7, 11) is -1.78. The molecule has 0 aromatic heterocycles. The summed E-state index contributed by atoms with van der Waals surface area (Å²) in [6.07, 6.45) is 1.19. The van der Waals surface area contributed by atoms with E-state index in [9.17, 15) is 0 Å². The first-order valence-electron chi connectivity index (χ1n) is 6.67. The Balaban J connectivity index is 3.98. The lowest BCUT2D eigenvalue weighted by molar-refractivity contribution is -0.138. The fourth-order valence-electron chi connectivity index (χ4n) is 1.05. The molecule has 0 spiro atoms. The molecule has 0 aliphatic rings. The second kappa shape index (κ2) is 12.1. The van der Waals surface area contributed by atoms with Gasteiger partial charge in [0.05, 0.1) is 0 Å². The standard InChI is InChI=1S/C12H28O3Si3/c1-6-7-16-13-12(14-17-8-10(2)3)15-18-9-11(4)5/h8-9,12H,6-7,16-18H2,1-5H3. The zero-order chi connectivity index (χ0) is 13.8. The highest BCUT2D eigenvalue weighted by Gasteiger charge is 2.07. The van der Waals surface area contributed by atoms with E-state index in [1.807, 2.05) is 0 Å². The van der Waals surface area contributed by atoms with Crippen LogP contribution < -0.4 is 0 Å². The van der Waals surface area contributed by atoms with Gasteiger partial charge in [-0.1, -0.05) is 35.9 Å². The third kappa shape index (κ3) is 12.5. The van der Waals surface area contributed by atoms with Crippen LogP contribution in [0.3, 0.4) is 0 Å². The SMILES string of the molecule is CCC[SiH2]OC(O[SiH2]C=C(C)C)O[SiH2]C=C(C)C. The molecule has 0 fully saturated rings. The molecule has 0 saturated carbocycles. The summed E-state index contributed by atoms with van der Waals surface area (Å²) in [5.41, 5.74) is 6.99. The van der Waals surface area contributed by atoms with E-state index in [0.717, 1.165) is 0 Å². The first-order chi connectivity index (χ1) is 8.56. The lowest BCUT2D eigenvalue weighted by atomic mass is 10.4. The maximum absolute atomic E-state index is 5.75. The molecule has 0 saturated heterocycles. The van der Waals surface area contributed by atoms with E-state index in [1.165, 1.54) is 23.6 Å². The molecule has 0 heterocycles. The summed E-state index contributed by atoms with van der Waals surface area (Å²) in [6.45, 7) is 10.2. The predicted octanol–water partition coefficient (Wildman–Crippen LogP) is 1.25. The van der Waals surface area contributed by atoms with Gasteiger partial charge in [0.1, 0.15) is 0 Å². The van der Waals surface area contributed by atoms with Crippen molar-refractivity contribution in [2.45, 2.75) is 53.6 Å². The van der Waals surface area contributed by atoms with Crippen molar-refractivity contribution in [3.63, 3.8) is 0 Å². The van der Waals surface area contributed by atoms with Crippen molar-refractivity contribution in [2.24, 2.45) is 0 Å². The Kier molecular flexibility index (Phi) is 12.1. The van der Waals surface area contributed by atoms with Gasteiger partial charge in [-0.3, -0.25) is 0 Å². The quantitative estimate of drug-likeness (QED) is 0.345. The molecule has 0 aromatic carbocycles. The van der Waals surface area contributed by atoms with Crippen molar-refractivity contribution < 1.29 is 13.3 Å². The number of allylic oxidation sites excluding steroid dienone is 2. The van der Waals surface area contributed by atoms with Gasteiger partial charge in [-0.15, -0.1) is 0 Å². The largest absolute Gasteiger partial charge is 0.380 e. The second-order valence-electron chi connectivity index (χ2n) is 4.74. The van der Waals surface area contributed by atoms with Crippen LogP contribution in [0.15, 0.2) is 22.5 Å². The van der Waals surface area contributed by atoms with Gasteiger partial charge in [0, 0.05) is 0 Å². The van der Waals surface area contributed by atoms with E-state index >= 15 is 0 Å². The fourth-order valence-corrected chi connectivity index (χ4v) is 4.03. The van der Waals surface area contributed by atoms with Crippen molar-refractivity contribution in [1.82, 2.24) is 0 Å². The molecule has 106 valence electrons. The minimum Gasteiger partial charge on any atom is -0.380 e. The zero-order valence-corrected chi connectivity index (χ0v) is 16.7. The Morgan fingerprint density at radius 3 is 1.83 bits per heavy atom. The lowest BCUT2D eigenvalue weighted by Crippen LogP contribution is -2.25. The molecule has 0 amide bonds. The van der Waals surface area contributed by atoms with Gasteiger partial charge in [-0.2, -0.15) is 0 Å². The van der Waals surface area contributed by atoms with E-state index in [0.29, 0.717) is 0 Å². The van der Waals surface area contributed by atoms with Crippen LogP contribution in [0.1, 0.15) is 41.0 Å². The van der Waals surface area contributed by atoms with Crippen LogP contribution in [0.25, 0.3) is 0 Å². The van der Waals surface area contributed by atoms with Crippen LogP contribution in [0, 0.1) is 0 Å². The van der Waals surface area contributed by atoms with Gasteiger partial charge in [-0.05, 0) is 33.7 Å². The van der Waals surface area contributed by atoms with Gasteiger partial charge >= 0.3 is 0 Å². The summed E-state index contributed by atoms with van der Waals surface area (Å²) in [5.74, 6) is 0. The van der Waals surface area contributed by atoms with Crippen LogP contribution in [0.5, 0.6) is 0 Å². The van der Waals surface area contributed by atoms with Crippen LogP contribution >= 0.6 is 0 Å². The van der Waals surface area contributed by atoms with E-state index in [4.69, 9.17) is 13.3 Å². The van der Waals surface area contributed by atoms with E-state index in [-0.39, 0.29) is 6.48 Å². The molecule has 6 heteroatoms. The Labute approximate surface area is 119 Å². The van der Waals surface area contributed by atoms with Crippen LogP contribution in [0.4, 0.5) is 0 Å². The molecule has 0 aliphatic carbocycles. The second-order valence-corrected chi connectivity index (χ2v) is 8.34. The lowest BCUT2D eigenvalue weighted by Gasteiger charge is -2.18. The van der Waals surface area contributed by atoms with Gasteiger partial charge in [0.25, 0.3) is 0 Å². The molecule has 0 bridgehead atoms. The molecule has 18 heavy (non-hydrogen) atoms. The van der Waals surface area contributed by atoms with E-state index < -0.39 is 29.3 Å². The van der Waals surface area contributed by atoms with Gasteiger partial charge in [-0.25, -0.2) is 0 Å². The van der Waals surface area contributed by atoms with Crippen molar-refractivity contribution in [2.75, 3.05) is 0 Å². The number of rotatable bonds is 10. The minimum atomic E-state index is -0.653. The molecular formula is C12H28O3Si3. The monoisotopic (exact) mass is 304 g/mol. The Bertz CT molecular complexity index is 237. The summed E-state index contributed by atoms with van der Waals surface area (Å²) in [5, 5.41) is 0. The molecule has 0 atom stereocenters. The first-order valence-corrected chi connectivity index (χ1v) is 11.0. The van der Waals surface area contributed by atoms with Crippen molar-refractivity contribution in [3.05, 3.63) is 22.5 Å². The third-order valence-electron chi connectivity index (χ3n) is 2.20. The molecule has 3 nitrogen and oxygen atoms in total. The number of hydrogen-bond donors (Lipinski definition) is 0. The molecule has 0 N–H and O–H groups in total. The summed E-state index contributed by atoms with van der Waals surface area (Å²) < 4.78 is 17.2. The van der Waals surface area contributed by atoms with Crippen molar-refractivity contribution in [1.29, 1.82) is 0 Å². The molecule has 0 radical (unpaired) electrons. The summed E-state index contributed by atoms with van der Waals surface area (Å²) >= 11 is 0. The number of hydrogen-bond acceptors (Lipinski definition) is 3. The van der Waals surface area contributed by atoms with Crippen LogP contribution in [-0.4, -0.2) is 35.8 Å². The smallest absolute Gasteiger partial charge is 0.242 e. The predicted molar refractivity (Wildman–Crippen MR) is 86.6 cm³/mol. The summed E-state index contributed by atoms with van der Waals surface area (Å²) in [6, 6.07) is 1.19. The maximum atomic E-state index is 5.75. The highest BCUT2D eigenvalue weighted by molar-refractivity contribution is 6.36. The van der Waals surface area contributed by atoms with Gasteiger partial charge in [0.2, 0.25) is 6.48 Å². The molecule has 0 rings (SSSR count). The molecule has 0 aliphatic heterocycles. The van der Waals surface area contributed by atoms with Crippen LogP contribution in [0.2, 0.25) is 6.04 Å². The minimum absolute atomic E-state index is 0.382. The topological polar surface area (TPSA) is 27.7 Å². The van der Waals surface area contributed by atoms with E-state index in [1.54, 1.807) is 0 Å². The zero-order valence-electron chi connectivity index (χ0n) is 12.5. The van der Waals surface area contributed by atoms with Crippen molar-refractivity contribution >= 4 is 29.3 Å². The normalized spacial score (nSPS) is 14.1.